The Labute approximate surface area is 132 Å². The summed E-state index contributed by atoms with van der Waals surface area (Å²) in [6.07, 6.45) is 1.71. The Bertz CT molecular complexity index is 528. The molecule has 122 valence electrons. The van der Waals surface area contributed by atoms with Crippen LogP contribution in [0.4, 0.5) is 0 Å². The van der Waals surface area contributed by atoms with Crippen molar-refractivity contribution in [2.24, 2.45) is 5.73 Å². The topological polar surface area (TPSA) is 81.4 Å². The zero-order chi connectivity index (χ0) is 16.8. The molecule has 0 spiro atoms. The summed E-state index contributed by atoms with van der Waals surface area (Å²) in [7, 11) is 1.55. The lowest BCUT2D eigenvalue weighted by Gasteiger charge is -2.31. The van der Waals surface area contributed by atoms with Gasteiger partial charge in [0.1, 0.15) is 5.75 Å². The number of hydrogen-bond acceptors (Lipinski definition) is 4. The molecule has 1 amide bonds. The van der Waals surface area contributed by atoms with E-state index in [-0.39, 0.29) is 23.7 Å². The molecule has 1 aromatic rings. The van der Waals surface area contributed by atoms with Crippen molar-refractivity contribution in [1.29, 1.82) is 0 Å². The smallest absolute Gasteiger partial charge is 0.225 e. The van der Waals surface area contributed by atoms with E-state index in [2.05, 4.69) is 5.32 Å². The Morgan fingerprint density at radius 1 is 1.27 bits per heavy atom. The van der Waals surface area contributed by atoms with E-state index in [1.54, 1.807) is 25.3 Å². The van der Waals surface area contributed by atoms with E-state index in [1.165, 1.54) is 6.92 Å². The van der Waals surface area contributed by atoms with Gasteiger partial charge in [0.2, 0.25) is 5.91 Å². The van der Waals surface area contributed by atoms with Crippen molar-refractivity contribution in [3.8, 4) is 5.75 Å². The van der Waals surface area contributed by atoms with Gasteiger partial charge in [0, 0.05) is 17.7 Å². The van der Waals surface area contributed by atoms with Crippen molar-refractivity contribution >= 4 is 11.7 Å². The van der Waals surface area contributed by atoms with E-state index >= 15 is 0 Å². The molecule has 0 unspecified atom stereocenters. The first-order valence-corrected chi connectivity index (χ1v) is 7.60. The molecule has 0 bridgehead atoms. The number of methoxy groups -OCH3 is 1. The van der Waals surface area contributed by atoms with Crippen molar-refractivity contribution < 1.29 is 14.3 Å². The van der Waals surface area contributed by atoms with E-state index in [9.17, 15) is 9.59 Å². The van der Waals surface area contributed by atoms with Crippen molar-refractivity contribution in [1.82, 2.24) is 5.32 Å². The number of nitrogens with two attached hydrogens (primary N) is 1. The van der Waals surface area contributed by atoms with Crippen LogP contribution in [0.15, 0.2) is 18.2 Å². The molecule has 0 saturated carbocycles. The first-order chi connectivity index (χ1) is 10.4. The molecule has 1 aromatic carbocycles. The number of hydrogen-bond donors (Lipinski definition) is 2. The SMILES string of the molecule is CCC(CC)(CN)NC(=O)Cc1cc(C(C)=O)ccc1OC. The van der Waals surface area contributed by atoms with Crippen molar-refractivity contribution in [2.75, 3.05) is 13.7 Å². The van der Waals surface area contributed by atoms with Gasteiger partial charge in [-0.15, -0.1) is 0 Å². The molecule has 0 aliphatic carbocycles. The maximum Gasteiger partial charge on any atom is 0.225 e. The van der Waals surface area contributed by atoms with Crippen molar-refractivity contribution in [3.63, 3.8) is 0 Å². The quantitative estimate of drug-likeness (QED) is 0.720. The molecule has 0 radical (unpaired) electrons. The number of amides is 1. The molecule has 22 heavy (non-hydrogen) atoms. The summed E-state index contributed by atoms with van der Waals surface area (Å²) >= 11 is 0. The Balaban J connectivity index is 2.95. The summed E-state index contributed by atoms with van der Waals surface area (Å²) in [6, 6.07) is 5.13. The van der Waals surface area contributed by atoms with Gasteiger partial charge in [-0.3, -0.25) is 9.59 Å². The number of carbonyl (C=O) groups is 2. The fourth-order valence-corrected chi connectivity index (χ4v) is 2.42. The molecule has 0 saturated heterocycles. The van der Waals surface area contributed by atoms with Crippen LogP contribution >= 0.6 is 0 Å². The molecule has 5 heteroatoms. The normalized spacial score (nSPS) is 11.1. The summed E-state index contributed by atoms with van der Waals surface area (Å²) in [5, 5.41) is 3.02. The van der Waals surface area contributed by atoms with Gasteiger partial charge in [0.05, 0.1) is 19.1 Å². The highest BCUT2D eigenvalue weighted by Crippen LogP contribution is 2.22. The molecule has 0 aliphatic rings. The van der Waals surface area contributed by atoms with Crippen LogP contribution in [0.2, 0.25) is 0 Å². The van der Waals surface area contributed by atoms with Gasteiger partial charge in [-0.05, 0) is 38.0 Å². The number of Topliss-reactive ketones (excluding diaryl/α,β-unsaturated/α-hetero) is 1. The third-order valence-corrected chi connectivity index (χ3v) is 4.19. The van der Waals surface area contributed by atoms with Gasteiger partial charge >= 0.3 is 0 Å². The van der Waals surface area contributed by atoms with E-state index in [0.717, 1.165) is 12.8 Å². The Morgan fingerprint density at radius 3 is 2.36 bits per heavy atom. The van der Waals surface area contributed by atoms with Crippen LogP contribution in [0.25, 0.3) is 0 Å². The predicted molar refractivity (Wildman–Crippen MR) is 87.2 cm³/mol. The molecular formula is C17H26N2O3. The highest BCUT2D eigenvalue weighted by Gasteiger charge is 2.26. The number of benzene rings is 1. The fraction of sp³-hybridized carbons (Fsp3) is 0.529. The van der Waals surface area contributed by atoms with Gasteiger partial charge in [0.25, 0.3) is 0 Å². The van der Waals surface area contributed by atoms with E-state index in [4.69, 9.17) is 10.5 Å². The molecule has 3 N–H and O–H groups in total. The van der Waals surface area contributed by atoms with Crippen molar-refractivity contribution in [3.05, 3.63) is 29.3 Å². The van der Waals surface area contributed by atoms with Crippen LogP contribution in [0, 0.1) is 0 Å². The average Bonchev–Trinajstić information content (AvgIpc) is 2.52. The fourth-order valence-electron chi connectivity index (χ4n) is 2.42. The average molecular weight is 306 g/mol. The minimum atomic E-state index is -0.373. The number of rotatable bonds is 8. The molecule has 0 heterocycles. The van der Waals surface area contributed by atoms with Crippen molar-refractivity contribution in [2.45, 2.75) is 45.6 Å². The summed E-state index contributed by atoms with van der Waals surface area (Å²) in [5.41, 5.74) is 6.70. The van der Waals surface area contributed by atoms with Gasteiger partial charge < -0.3 is 15.8 Å². The molecule has 5 nitrogen and oxygen atoms in total. The lowest BCUT2D eigenvalue weighted by atomic mass is 9.92. The van der Waals surface area contributed by atoms with Crippen LogP contribution in [0.3, 0.4) is 0 Å². The van der Waals surface area contributed by atoms with E-state index in [1.807, 2.05) is 13.8 Å². The standard InChI is InChI=1S/C17H26N2O3/c1-5-17(6-2,11-18)19-16(21)10-14-9-13(12(3)20)7-8-15(14)22-4/h7-9H,5-6,10-11,18H2,1-4H3,(H,19,21). The van der Waals surface area contributed by atoms with E-state index in [0.29, 0.717) is 23.4 Å². The molecule has 0 atom stereocenters. The maximum absolute atomic E-state index is 12.3. The van der Waals surface area contributed by atoms with Crippen LogP contribution in [0.5, 0.6) is 5.75 Å². The largest absolute Gasteiger partial charge is 0.496 e. The Hall–Kier alpha value is -1.88. The number of ketones is 1. The minimum Gasteiger partial charge on any atom is -0.496 e. The third kappa shape index (κ3) is 4.31. The third-order valence-electron chi connectivity index (χ3n) is 4.19. The van der Waals surface area contributed by atoms with Gasteiger partial charge in [-0.1, -0.05) is 13.8 Å². The molecule has 1 rings (SSSR count). The lowest BCUT2D eigenvalue weighted by molar-refractivity contribution is -0.122. The second-order valence-corrected chi connectivity index (χ2v) is 5.50. The van der Waals surface area contributed by atoms with Crippen LogP contribution in [-0.2, 0) is 11.2 Å². The summed E-state index contributed by atoms with van der Waals surface area (Å²) in [5.74, 6) is 0.447. The second kappa shape index (κ2) is 7.94. The summed E-state index contributed by atoms with van der Waals surface area (Å²) < 4.78 is 5.27. The first-order valence-electron chi connectivity index (χ1n) is 7.60. The van der Waals surface area contributed by atoms with Gasteiger partial charge in [0.15, 0.2) is 5.78 Å². The summed E-state index contributed by atoms with van der Waals surface area (Å²) in [6.45, 7) is 5.91. The summed E-state index contributed by atoms with van der Waals surface area (Å²) in [4.78, 5) is 23.8. The van der Waals surface area contributed by atoms with Crippen LogP contribution < -0.4 is 15.8 Å². The zero-order valence-electron chi connectivity index (χ0n) is 13.9. The van der Waals surface area contributed by atoms with Crippen LogP contribution in [0.1, 0.15) is 49.5 Å². The number of ether oxygens (including phenoxy) is 1. The van der Waals surface area contributed by atoms with Gasteiger partial charge in [-0.2, -0.15) is 0 Å². The highest BCUT2D eigenvalue weighted by atomic mass is 16.5. The monoisotopic (exact) mass is 306 g/mol. The lowest BCUT2D eigenvalue weighted by Crippen LogP contribution is -2.53. The molecule has 0 fully saturated rings. The number of nitrogens with one attached hydrogen (secondary N) is 1. The highest BCUT2D eigenvalue weighted by molar-refractivity contribution is 5.94. The van der Waals surface area contributed by atoms with E-state index < -0.39 is 0 Å². The first kappa shape index (κ1) is 18.2. The minimum absolute atomic E-state index is 0.0391. The molecule has 0 aromatic heterocycles. The Morgan fingerprint density at radius 2 is 1.91 bits per heavy atom. The van der Waals surface area contributed by atoms with Gasteiger partial charge in [-0.25, -0.2) is 0 Å². The maximum atomic E-state index is 12.3. The van der Waals surface area contributed by atoms with Crippen LogP contribution in [-0.4, -0.2) is 30.9 Å². The molecule has 0 aliphatic heterocycles. The second-order valence-electron chi connectivity index (χ2n) is 5.50. The number of carbonyl (C=O) groups excluding carboxylic acids is 2. The zero-order valence-corrected chi connectivity index (χ0v) is 13.9. The predicted octanol–water partition coefficient (Wildman–Crippen LogP) is 2.07. The molecular weight excluding hydrogens is 280 g/mol. The Kier molecular flexibility index (Phi) is 6.56.